The molecule has 0 saturated carbocycles. The summed E-state index contributed by atoms with van der Waals surface area (Å²) in [6.07, 6.45) is 63.9. The lowest BCUT2D eigenvalue weighted by atomic mass is 10.0. The third-order valence-corrected chi connectivity index (χ3v) is 15.6. The molecule has 0 aliphatic carbocycles. The number of esters is 2. The van der Waals surface area contributed by atoms with Gasteiger partial charge in [-0.1, -0.05) is 309 Å². The molecule has 0 fully saturated rings. The van der Waals surface area contributed by atoms with Gasteiger partial charge in [0.2, 0.25) is 0 Å². The van der Waals surface area contributed by atoms with Gasteiger partial charge in [-0.15, -0.1) is 0 Å². The van der Waals surface area contributed by atoms with Crippen LogP contribution < -0.4 is 4.89 Å². The fraction of sp³-hybridized carbons (Fsp3) is 0.968. The summed E-state index contributed by atoms with van der Waals surface area (Å²) in [4.78, 5) is 37.5. The van der Waals surface area contributed by atoms with Gasteiger partial charge in [0, 0.05) is 12.8 Å². The van der Waals surface area contributed by atoms with E-state index in [9.17, 15) is 19.0 Å². The number of phosphoric acid groups is 1. The SMILES string of the molecule is CCCCCCCCCCCCCCCCCCCCCCCCCCCCCCCCCCCCCCCCCCCC(=O)OC(COC(=O)CCCCCCCCC)COP(=O)([O-])OCC[N+](C)(C)C. The van der Waals surface area contributed by atoms with E-state index in [0.717, 1.165) is 32.1 Å². The third-order valence-electron chi connectivity index (χ3n) is 14.6. The first kappa shape index (κ1) is 71.0. The van der Waals surface area contributed by atoms with Crippen molar-refractivity contribution in [3.63, 3.8) is 0 Å². The molecule has 0 aromatic rings. The van der Waals surface area contributed by atoms with E-state index < -0.39 is 26.5 Å². The predicted octanol–water partition coefficient (Wildman–Crippen LogP) is 19.2. The minimum Gasteiger partial charge on any atom is -0.756 e. The summed E-state index contributed by atoms with van der Waals surface area (Å²) in [6, 6.07) is 0. The molecule has 0 radical (unpaired) electrons. The smallest absolute Gasteiger partial charge is 0.306 e. The highest BCUT2D eigenvalue weighted by molar-refractivity contribution is 7.45. The van der Waals surface area contributed by atoms with E-state index in [2.05, 4.69) is 13.8 Å². The molecule has 10 heteroatoms. The first-order valence-electron chi connectivity index (χ1n) is 31.7. The first-order chi connectivity index (χ1) is 35.0. The van der Waals surface area contributed by atoms with Crippen molar-refractivity contribution in [3.05, 3.63) is 0 Å². The summed E-state index contributed by atoms with van der Waals surface area (Å²) >= 11 is 0. The van der Waals surface area contributed by atoms with Crippen molar-refractivity contribution in [3.8, 4) is 0 Å². The van der Waals surface area contributed by atoms with E-state index in [-0.39, 0.29) is 32.0 Å². The van der Waals surface area contributed by atoms with Gasteiger partial charge in [0.1, 0.15) is 19.8 Å². The lowest BCUT2D eigenvalue weighted by Gasteiger charge is -2.28. The molecule has 0 aromatic carbocycles. The van der Waals surface area contributed by atoms with Crippen LogP contribution in [0.4, 0.5) is 0 Å². The summed E-state index contributed by atoms with van der Waals surface area (Å²) in [7, 11) is 1.19. The van der Waals surface area contributed by atoms with Crippen molar-refractivity contribution in [2.45, 2.75) is 341 Å². The molecule has 0 spiro atoms. The second-order valence-corrected chi connectivity index (χ2v) is 24.6. The van der Waals surface area contributed by atoms with Gasteiger partial charge in [0.25, 0.3) is 7.82 Å². The Morgan fingerprint density at radius 1 is 0.375 bits per heavy atom. The molecular formula is C62H124NO8P. The van der Waals surface area contributed by atoms with Crippen molar-refractivity contribution < 1.29 is 42.1 Å². The lowest BCUT2D eigenvalue weighted by molar-refractivity contribution is -0.870. The van der Waals surface area contributed by atoms with E-state index in [1.807, 2.05) is 21.1 Å². The fourth-order valence-corrected chi connectivity index (χ4v) is 10.4. The Labute approximate surface area is 448 Å². The van der Waals surface area contributed by atoms with Crippen molar-refractivity contribution in [2.24, 2.45) is 0 Å². The molecule has 0 aliphatic rings. The van der Waals surface area contributed by atoms with Gasteiger partial charge in [0.15, 0.2) is 6.10 Å². The summed E-state index contributed by atoms with van der Waals surface area (Å²) < 4.78 is 33.9. The number of quaternary nitrogens is 1. The van der Waals surface area contributed by atoms with Gasteiger partial charge in [-0.3, -0.25) is 14.2 Å². The van der Waals surface area contributed by atoms with Crippen LogP contribution in [0.15, 0.2) is 0 Å². The zero-order chi connectivity index (χ0) is 52.7. The Hall–Kier alpha value is -0.990. The summed E-state index contributed by atoms with van der Waals surface area (Å²) in [5, 5.41) is 0. The Kier molecular flexibility index (Phi) is 54.0. The second-order valence-electron chi connectivity index (χ2n) is 23.1. The molecule has 0 N–H and O–H groups in total. The summed E-state index contributed by atoms with van der Waals surface area (Å²) in [6.45, 7) is 4.24. The van der Waals surface area contributed by atoms with E-state index in [0.29, 0.717) is 17.4 Å². The van der Waals surface area contributed by atoms with Gasteiger partial charge in [-0.2, -0.15) is 0 Å². The van der Waals surface area contributed by atoms with Crippen LogP contribution in [0, 0.1) is 0 Å². The Morgan fingerprint density at radius 2 is 0.625 bits per heavy atom. The number of phosphoric ester groups is 1. The molecule has 430 valence electrons. The number of unbranched alkanes of at least 4 members (excludes halogenated alkanes) is 46. The first-order valence-corrected chi connectivity index (χ1v) is 33.2. The van der Waals surface area contributed by atoms with E-state index in [1.165, 1.54) is 270 Å². The highest BCUT2D eigenvalue weighted by Gasteiger charge is 2.22. The van der Waals surface area contributed by atoms with Gasteiger partial charge < -0.3 is 27.9 Å². The lowest BCUT2D eigenvalue weighted by Crippen LogP contribution is -2.37. The van der Waals surface area contributed by atoms with Crippen LogP contribution in [0.25, 0.3) is 0 Å². The molecule has 0 aliphatic heterocycles. The zero-order valence-electron chi connectivity index (χ0n) is 48.9. The molecule has 72 heavy (non-hydrogen) atoms. The molecule has 9 nitrogen and oxygen atoms in total. The molecule has 0 aromatic heterocycles. The monoisotopic (exact) mass is 1040 g/mol. The zero-order valence-corrected chi connectivity index (χ0v) is 49.8. The number of carbonyl (C=O) groups excluding carboxylic acids is 2. The molecular weight excluding hydrogens is 918 g/mol. The Balaban J connectivity index is 3.68. The molecule has 0 bridgehead atoms. The molecule has 0 amide bonds. The van der Waals surface area contributed by atoms with Gasteiger partial charge in [-0.25, -0.2) is 0 Å². The van der Waals surface area contributed by atoms with Crippen molar-refractivity contribution >= 4 is 19.8 Å². The topological polar surface area (TPSA) is 111 Å². The van der Waals surface area contributed by atoms with Crippen LogP contribution in [-0.4, -0.2) is 70.0 Å². The maximum atomic E-state index is 12.7. The molecule has 0 heterocycles. The van der Waals surface area contributed by atoms with Gasteiger partial charge >= 0.3 is 11.9 Å². The minimum absolute atomic E-state index is 0.0258. The van der Waals surface area contributed by atoms with Crippen LogP contribution in [-0.2, 0) is 32.7 Å². The molecule has 0 saturated heterocycles. The molecule has 0 rings (SSSR count). The highest BCUT2D eigenvalue weighted by atomic mass is 31.2. The second kappa shape index (κ2) is 54.8. The molecule has 2 unspecified atom stereocenters. The Morgan fingerprint density at radius 3 is 0.889 bits per heavy atom. The van der Waals surface area contributed by atoms with Crippen LogP contribution >= 0.6 is 7.82 Å². The predicted molar refractivity (Wildman–Crippen MR) is 305 cm³/mol. The minimum atomic E-state index is -4.62. The number of likely N-dealkylation sites (N-methyl/N-ethyl adjacent to an activating group) is 1. The third kappa shape index (κ3) is 58.3. The Bertz CT molecular complexity index is 1180. The summed E-state index contributed by atoms with van der Waals surface area (Å²) in [5.41, 5.74) is 0. The van der Waals surface area contributed by atoms with E-state index in [4.69, 9.17) is 18.5 Å². The van der Waals surface area contributed by atoms with Crippen molar-refractivity contribution in [1.29, 1.82) is 0 Å². The normalized spacial score (nSPS) is 13.1. The number of hydrogen-bond donors (Lipinski definition) is 0. The number of hydrogen-bond acceptors (Lipinski definition) is 8. The largest absolute Gasteiger partial charge is 0.756 e. The molecule has 2 atom stereocenters. The maximum Gasteiger partial charge on any atom is 0.306 e. The van der Waals surface area contributed by atoms with Crippen LogP contribution in [0.5, 0.6) is 0 Å². The van der Waals surface area contributed by atoms with Crippen molar-refractivity contribution in [2.75, 3.05) is 47.5 Å². The average Bonchev–Trinajstić information content (AvgIpc) is 3.34. The number of ether oxygens (including phenoxy) is 2. The van der Waals surface area contributed by atoms with Gasteiger partial charge in [0.05, 0.1) is 27.7 Å². The van der Waals surface area contributed by atoms with Gasteiger partial charge in [-0.05, 0) is 12.8 Å². The standard InChI is InChI=1S/C62H124NO8P/c1-6-8-10-12-14-15-16-17-18-19-20-21-22-23-24-25-26-27-28-29-30-31-32-33-34-35-36-37-38-39-40-41-42-43-44-45-46-47-49-51-53-55-62(65)71-60(59-70-72(66,67)69-57-56-63(3,4)5)58-68-61(64)54-52-50-48-13-11-9-7-2/h60H,6-59H2,1-5H3. The van der Waals surface area contributed by atoms with Crippen LogP contribution in [0.1, 0.15) is 335 Å². The maximum absolute atomic E-state index is 12.7. The number of carbonyl (C=O) groups is 2. The average molecular weight is 1040 g/mol. The quantitative estimate of drug-likeness (QED) is 0.0256. The number of rotatable bonds is 60. The summed E-state index contributed by atoms with van der Waals surface area (Å²) in [5.74, 6) is -0.823. The number of nitrogens with zero attached hydrogens (tertiary/aromatic N) is 1. The van der Waals surface area contributed by atoms with Crippen molar-refractivity contribution in [1.82, 2.24) is 0 Å². The fourth-order valence-electron chi connectivity index (χ4n) is 9.72. The van der Waals surface area contributed by atoms with Crippen LogP contribution in [0.3, 0.4) is 0 Å². The van der Waals surface area contributed by atoms with Crippen LogP contribution in [0.2, 0.25) is 0 Å². The highest BCUT2D eigenvalue weighted by Crippen LogP contribution is 2.38. The van der Waals surface area contributed by atoms with E-state index in [1.54, 1.807) is 0 Å². The van der Waals surface area contributed by atoms with E-state index >= 15 is 0 Å².